The van der Waals surface area contributed by atoms with Gasteiger partial charge in [0.1, 0.15) is 5.82 Å². The van der Waals surface area contributed by atoms with Crippen molar-refractivity contribution in [3.63, 3.8) is 0 Å². The lowest BCUT2D eigenvalue weighted by atomic mass is 10.0. The van der Waals surface area contributed by atoms with Gasteiger partial charge in [-0.15, -0.1) is 0 Å². The zero-order valence-corrected chi connectivity index (χ0v) is 22.9. The van der Waals surface area contributed by atoms with Crippen molar-refractivity contribution >= 4 is 23.2 Å². The van der Waals surface area contributed by atoms with Crippen LogP contribution in [0.15, 0.2) is 91.3 Å². The van der Waals surface area contributed by atoms with E-state index in [0.29, 0.717) is 42.9 Å². The standard InChI is InChI=1S/C33H34FN5O2/c34-29-12-9-25(10-13-29)32(40)37-30-21-27(11-14-31(30)38-17-1-2-18-38)26-7-3-6-24(20-26)23-39(19-5-15-35)33(41)28-8-4-16-36-22-28/h3-4,6-14,16,20-22H,1-2,5,15,17-19,23,35H2,(H,37,40). The second kappa shape index (κ2) is 13.2. The van der Waals surface area contributed by atoms with E-state index in [1.165, 1.54) is 24.3 Å². The van der Waals surface area contributed by atoms with E-state index in [1.807, 2.05) is 30.3 Å². The fraction of sp³-hybridized carbons (Fsp3) is 0.242. The number of pyridine rings is 1. The molecule has 2 heterocycles. The second-order valence-electron chi connectivity index (χ2n) is 10.2. The fourth-order valence-electron chi connectivity index (χ4n) is 5.12. The highest BCUT2D eigenvalue weighted by Crippen LogP contribution is 2.34. The molecule has 8 heteroatoms. The van der Waals surface area contributed by atoms with E-state index in [9.17, 15) is 14.0 Å². The smallest absolute Gasteiger partial charge is 0.255 e. The molecule has 1 fully saturated rings. The minimum absolute atomic E-state index is 0.0855. The first-order chi connectivity index (χ1) is 20.0. The number of hydrogen-bond acceptors (Lipinski definition) is 5. The van der Waals surface area contributed by atoms with Gasteiger partial charge in [0.25, 0.3) is 11.8 Å². The minimum Gasteiger partial charge on any atom is -0.370 e. The number of halogens is 1. The zero-order chi connectivity index (χ0) is 28.6. The van der Waals surface area contributed by atoms with Gasteiger partial charge in [0.05, 0.1) is 16.9 Å². The quantitative estimate of drug-likeness (QED) is 0.263. The lowest BCUT2D eigenvalue weighted by molar-refractivity contribution is 0.0741. The van der Waals surface area contributed by atoms with E-state index in [2.05, 4.69) is 27.3 Å². The highest BCUT2D eigenvalue weighted by Gasteiger charge is 2.20. The Morgan fingerprint density at radius 2 is 1.71 bits per heavy atom. The summed E-state index contributed by atoms with van der Waals surface area (Å²) < 4.78 is 13.4. The fourth-order valence-corrected chi connectivity index (χ4v) is 5.12. The van der Waals surface area contributed by atoms with Crippen LogP contribution < -0.4 is 16.0 Å². The molecule has 0 atom stereocenters. The Morgan fingerprint density at radius 1 is 0.927 bits per heavy atom. The first kappa shape index (κ1) is 28.0. The third-order valence-corrected chi connectivity index (χ3v) is 7.26. The van der Waals surface area contributed by atoms with Crippen LogP contribution in [0.2, 0.25) is 0 Å². The van der Waals surface area contributed by atoms with Crippen molar-refractivity contribution in [1.29, 1.82) is 0 Å². The summed E-state index contributed by atoms with van der Waals surface area (Å²) in [4.78, 5) is 34.5. The third-order valence-electron chi connectivity index (χ3n) is 7.26. The maximum atomic E-state index is 13.4. The molecular weight excluding hydrogens is 517 g/mol. The average molecular weight is 552 g/mol. The SMILES string of the molecule is NCCCN(Cc1cccc(-c2ccc(N3CCCC3)c(NC(=O)c3ccc(F)cc3)c2)c1)C(=O)c1cccnc1. The van der Waals surface area contributed by atoms with Crippen molar-refractivity contribution in [2.24, 2.45) is 5.73 Å². The molecule has 1 aliphatic rings. The molecule has 4 aromatic rings. The number of nitrogens with two attached hydrogens (primary N) is 1. The number of carbonyl (C=O) groups is 2. The summed E-state index contributed by atoms with van der Waals surface area (Å²) in [6.07, 6.45) is 6.13. The van der Waals surface area contributed by atoms with Gasteiger partial charge < -0.3 is 20.9 Å². The Hall–Kier alpha value is -4.56. The second-order valence-corrected chi connectivity index (χ2v) is 10.2. The van der Waals surface area contributed by atoms with Crippen molar-refractivity contribution in [1.82, 2.24) is 9.88 Å². The molecule has 0 bridgehead atoms. The molecule has 0 spiro atoms. The Bertz CT molecular complexity index is 1490. The maximum absolute atomic E-state index is 13.4. The molecule has 0 radical (unpaired) electrons. The van der Waals surface area contributed by atoms with Crippen LogP contribution in [0, 0.1) is 5.82 Å². The largest absolute Gasteiger partial charge is 0.370 e. The van der Waals surface area contributed by atoms with E-state index in [0.717, 1.165) is 48.3 Å². The van der Waals surface area contributed by atoms with E-state index in [4.69, 9.17) is 5.73 Å². The van der Waals surface area contributed by atoms with Gasteiger partial charge in [-0.1, -0.05) is 24.3 Å². The lowest BCUT2D eigenvalue weighted by Gasteiger charge is -2.24. The van der Waals surface area contributed by atoms with Crippen molar-refractivity contribution in [3.05, 3.63) is 114 Å². The van der Waals surface area contributed by atoms with E-state index < -0.39 is 0 Å². The number of benzene rings is 3. The Morgan fingerprint density at radius 3 is 2.44 bits per heavy atom. The van der Waals surface area contributed by atoms with Gasteiger partial charge in [-0.25, -0.2) is 4.39 Å². The van der Waals surface area contributed by atoms with E-state index in [1.54, 1.807) is 29.4 Å². The normalized spacial score (nSPS) is 12.8. The van der Waals surface area contributed by atoms with Crippen LogP contribution in [-0.2, 0) is 6.54 Å². The molecule has 5 rings (SSSR count). The summed E-state index contributed by atoms with van der Waals surface area (Å²) in [7, 11) is 0. The molecule has 1 saturated heterocycles. The van der Waals surface area contributed by atoms with Gasteiger partial charge in [-0.05, 0) is 97.1 Å². The van der Waals surface area contributed by atoms with Crippen LogP contribution in [0.4, 0.5) is 15.8 Å². The zero-order valence-electron chi connectivity index (χ0n) is 22.9. The number of nitrogens with zero attached hydrogens (tertiary/aromatic N) is 3. The van der Waals surface area contributed by atoms with Crippen molar-refractivity contribution in [3.8, 4) is 11.1 Å². The van der Waals surface area contributed by atoms with Gasteiger partial charge in [-0.3, -0.25) is 14.6 Å². The number of aromatic nitrogens is 1. The van der Waals surface area contributed by atoms with Gasteiger partial charge in [0.2, 0.25) is 0 Å². The summed E-state index contributed by atoms with van der Waals surface area (Å²) in [5.41, 5.74) is 11.3. The molecule has 41 heavy (non-hydrogen) atoms. The molecule has 2 amide bonds. The summed E-state index contributed by atoms with van der Waals surface area (Å²) >= 11 is 0. The molecule has 0 unspecified atom stereocenters. The third kappa shape index (κ3) is 6.96. The topological polar surface area (TPSA) is 91.6 Å². The molecule has 3 N–H and O–H groups in total. The first-order valence-corrected chi connectivity index (χ1v) is 14.0. The summed E-state index contributed by atoms with van der Waals surface area (Å²) in [5.74, 6) is -0.761. The molecule has 7 nitrogen and oxygen atoms in total. The Balaban J connectivity index is 1.42. The summed E-state index contributed by atoms with van der Waals surface area (Å²) in [6.45, 7) is 3.32. The lowest BCUT2D eigenvalue weighted by Crippen LogP contribution is -2.32. The highest BCUT2D eigenvalue weighted by molar-refractivity contribution is 6.06. The van der Waals surface area contributed by atoms with Gasteiger partial charge in [0, 0.05) is 44.1 Å². The number of nitrogens with one attached hydrogen (secondary N) is 1. The van der Waals surface area contributed by atoms with Gasteiger partial charge >= 0.3 is 0 Å². The molecule has 0 saturated carbocycles. The molecule has 1 aromatic heterocycles. The van der Waals surface area contributed by atoms with Crippen LogP contribution in [0.25, 0.3) is 11.1 Å². The molecule has 210 valence electrons. The van der Waals surface area contributed by atoms with Crippen LogP contribution >= 0.6 is 0 Å². The highest BCUT2D eigenvalue weighted by atomic mass is 19.1. The van der Waals surface area contributed by atoms with Crippen LogP contribution in [0.1, 0.15) is 45.5 Å². The maximum Gasteiger partial charge on any atom is 0.255 e. The van der Waals surface area contributed by atoms with Crippen LogP contribution in [0.5, 0.6) is 0 Å². The van der Waals surface area contributed by atoms with Gasteiger partial charge in [0.15, 0.2) is 0 Å². The number of hydrogen-bond donors (Lipinski definition) is 2. The Kier molecular flexibility index (Phi) is 9.01. The minimum atomic E-state index is -0.384. The van der Waals surface area contributed by atoms with Crippen LogP contribution in [-0.4, -0.2) is 47.9 Å². The van der Waals surface area contributed by atoms with Crippen molar-refractivity contribution in [2.75, 3.05) is 36.4 Å². The monoisotopic (exact) mass is 551 g/mol. The number of rotatable bonds is 10. The first-order valence-electron chi connectivity index (χ1n) is 14.0. The predicted octanol–water partition coefficient (Wildman–Crippen LogP) is 5.73. The number of amides is 2. The Labute approximate surface area is 239 Å². The summed E-state index contributed by atoms with van der Waals surface area (Å²) in [5, 5.41) is 3.06. The van der Waals surface area contributed by atoms with E-state index in [-0.39, 0.29) is 17.6 Å². The summed E-state index contributed by atoms with van der Waals surface area (Å²) in [6, 6.07) is 23.2. The van der Waals surface area contributed by atoms with Crippen LogP contribution in [0.3, 0.4) is 0 Å². The molecule has 3 aromatic carbocycles. The predicted molar refractivity (Wildman–Crippen MR) is 160 cm³/mol. The van der Waals surface area contributed by atoms with Crippen molar-refractivity contribution < 1.29 is 14.0 Å². The molecule has 0 aliphatic carbocycles. The molecule has 1 aliphatic heterocycles. The van der Waals surface area contributed by atoms with Crippen molar-refractivity contribution in [2.45, 2.75) is 25.8 Å². The van der Waals surface area contributed by atoms with Gasteiger partial charge in [-0.2, -0.15) is 0 Å². The van der Waals surface area contributed by atoms with E-state index >= 15 is 0 Å². The molecular formula is C33H34FN5O2. The average Bonchev–Trinajstić information content (AvgIpc) is 3.55. The number of carbonyl (C=O) groups excluding carboxylic acids is 2. The number of anilines is 2.